The molecule has 64 valence electrons. The molecule has 0 aromatic carbocycles. The van der Waals surface area contributed by atoms with Crippen molar-refractivity contribution < 1.29 is 0 Å². The van der Waals surface area contributed by atoms with E-state index >= 15 is 0 Å². The molecule has 1 saturated heterocycles. The van der Waals surface area contributed by atoms with E-state index in [1.165, 1.54) is 32.2 Å². The molecule has 3 atom stereocenters. The van der Waals surface area contributed by atoms with Gasteiger partial charge < -0.3 is 0 Å². The SMILES string of the molecule is N#CC1C2CC2CCN1C1CC1. The third-order valence-electron chi connectivity index (χ3n) is 3.65. The minimum absolute atomic E-state index is 0.288. The van der Waals surface area contributed by atoms with E-state index in [0.717, 1.165) is 17.9 Å². The van der Waals surface area contributed by atoms with E-state index in [4.69, 9.17) is 5.26 Å². The highest BCUT2D eigenvalue weighted by molar-refractivity contribution is 5.11. The third kappa shape index (κ3) is 0.895. The van der Waals surface area contributed by atoms with Gasteiger partial charge >= 0.3 is 0 Å². The zero-order valence-corrected chi connectivity index (χ0v) is 7.24. The molecule has 1 aliphatic heterocycles. The van der Waals surface area contributed by atoms with Gasteiger partial charge in [-0.1, -0.05) is 0 Å². The summed E-state index contributed by atoms with van der Waals surface area (Å²) in [5, 5.41) is 9.04. The van der Waals surface area contributed by atoms with Gasteiger partial charge in [-0.15, -0.1) is 0 Å². The highest BCUT2D eigenvalue weighted by Gasteiger charge is 2.51. The van der Waals surface area contributed by atoms with Crippen LogP contribution in [0.1, 0.15) is 25.7 Å². The molecule has 3 fully saturated rings. The van der Waals surface area contributed by atoms with Gasteiger partial charge in [-0.2, -0.15) is 5.26 Å². The summed E-state index contributed by atoms with van der Waals surface area (Å²) in [4.78, 5) is 2.47. The van der Waals surface area contributed by atoms with Crippen molar-refractivity contribution in [1.82, 2.24) is 4.90 Å². The Morgan fingerprint density at radius 3 is 2.75 bits per heavy atom. The van der Waals surface area contributed by atoms with E-state index in [9.17, 15) is 0 Å². The Bertz CT molecular complexity index is 239. The lowest BCUT2D eigenvalue weighted by Gasteiger charge is -2.30. The van der Waals surface area contributed by atoms with E-state index < -0.39 is 0 Å². The average Bonchev–Trinajstić information content (AvgIpc) is 2.94. The quantitative estimate of drug-likeness (QED) is 0.582. The van der Waals surface area contributed by atoms with Crippen molar-refractivity contribution in [3.05, 3.63) is 0 Å². The molecule has 0 spiro atoms. The Morgan fingerprint density at radius 1 is 1.25 bits per heavy atom. The van der Waals surface area contributed by atoms with Crippen molar-refractivity contribution in [3.63, 3.8) is 0 Å². The molecule has 0 radical (unpaired) electrons. The van der Waals surface area contributed by atoms with Crippen LogP contribution < -0.4 is 0 Å². The largest absolute Gasteiger partial charge is 0.285 e. The maximum atomic E-state index is 9.04. The summed E-state index contributed by atoms with van der Waals surface area (Å²) in [6, 6.07) is 3.57. The summed E-state index contributed by atoms with van der Waals surface area (Å²) < 4.78 is 0. The molecule has 12 heavy (non-hydrogen) atoms. The molecule has 2 nitrogen and oxygen atoms in total. The van der Waals surface area contributed by atoms with Gasteiger partial charge in [0.25, 0.3) is 0 Å². The molecule has 0 aromatic heterocycles. The molecule has 3 aliphatic rings. The van der Waals surface area contributed by atoms with Gasteiger partial charge in [0.15, 0.2) is 0 Å². The number of fused-ring (bicyclic) bond motifs is 1. The smallest absolute Gasteiger partial charge is 0.101 e. The van der Waals surface area contributed by atoms with Gasteiger partial charge in [0.1, 0.15) is 6.04 Å². The van der Waals surface area contributed by atoms with Crippen molar-refractivity contribution >= 4 is 0 Å². The molecular formula is C10H14N2. The van der Waals surface area contributed by atoms with Gasteiger partial charge in [0.05, 0.1) is 6.07 Å². The van der Waals surface area contributed by atoms with Crippen LogP contribution in [0.25, 0.3) is 0 Å². The molecular weight excluding hydrogens is 148 g/mol. The average molecular weight is 162 g/mol. The minimum Gasteiger partial charge on any atom is -0.285 e. The zero-order chi connectivity index (χ0) is 8.13. The van der Waals surface area contributed by atoms with Crippen LogP contribution in [0.3, 0.4) is 0 Å². The summed E-state index contributed by atoms with van der Waals surface area (Å²) in [5.41, 5.74) is 0. The highest BCUT2D eigenvalue weighted by Crippen LogP contribution is 2.50. The van der Waals surface area contributed by atoms with Crippen LogP contribution in [0.2, 0.25) is 0 Å². The number of piperidine rings is 1. The summed E-state index contributed by atoms with van der Waals surface area (Å²) >= 11 is 0. The Hall–Kier alpha value is -0.550. The second kappa shape index (κ2) is 2.23. The van der Waals surface area contributed by atoms with Crippen LogP contribution >= 0.6 is 0 Å². The number of nitrogens with zero attached hydrogens (tertiary/aromatic N) is 2. The summed E-state index contributed by atoms with van der Waals surface area (Å²) in [6.07, 6.45) is 5.38. The van der Waals surface area contributed by atoms with Crippen LogP contribution in [-0.2, 0) is 0 Å². The fourth-order valence-corrected chi connectivity index (χ4v) is 2.68. The fourth-order valence-electron chi connectivity index (χ4n) is 2.68. The van der Waals surface area contributed by atoms with Crippen LogP contribution in [0.5, 0.6) is 0 Å². The predicted molar refractivity (Wildman–Crippen MR) is 45.3 cm³/mol. The van der Waals surface area contributed by atoms with E-state index in [1.807, 2.05) is 0 Å². The lowest BCUT2D eigenvalue weighted by Crippen LogP contribution is -2.41. The molecule has 1 heterocycles. The maximum absolute atomic E-state index is 9.04. The first-order valence-electron chi connectivity index (χ1n) is 5.05. The van der Waals surface area contributed by atoms with Gasteiger partial charge in [0.2, 0.25) is 0 Å². The first kappa shape index (κ1) is 6.91. The number of nitriles is 1. The number of hydrogen-bond donors (Lipinski definition) is 0. The molecule has 3 rings (SSSR count). The first-order valence-corrected chi connectivity index (χ1v) is 5.05. The lowest BCUT2D eigenvalue weighted by atomic mass is 10.0. The molecule has 2 heteroatoms. The topological polar surface area (TPSA) is 27.0 Å². The Morgan fingerprint density at radius 2 is 2.08 bits per heavy atom. The van der Waals surface area contributed by atoms with Crippen LogP contribution in [0, 0.1) is 23.2 Å². The number of hydrogen-bond acceptors (Lipinski definition) is 2. The van der Waals surface area contributed by atoms with Crippen molar-refractivity contribution in [2.45, 2.75) is 37.8 Å². The minimum atomic E-state index is 0.288. The van der Waals surface area contributed by atoms with Crippen LogP contribution in [0.15, 0.2) is 0 Å². The van der Waals surface area contributed by atoms with Crippen LogP contribution in [-0.4, -0.2) is 23.5 Å². The van der Waals surface area contributed by atoms with Crippen molar-refractivity contribution in [1.29, 1.82) is 5.26 Å². The van der Waals surface area contributed by atoms with E-state index in [2.05, 4.69) is 11.0 Å². The molecule has 0 N–H and O–H groups in total. The summed E-state index contributed by atoms with van der Waals surface area (Å²) in [7, 11) is 0. The van der Waals surface area contributed by atoms with Gasteiger partial charge in [-0.25, -0.2) is 0 Å². The monoisotopic (exact) mass is 162 g/mol. The zero-order valence-electron chi connectivity index (χ0n) is 7.24. The van der Waals surface area contributed by atoms with E-state index in [1.54, 1.807) is 0 Å². The molecule has 3 unspecified atom stereocenters. The summed E-state index contributed by atoms with van der Waals surface area (Å²) in [6.45, 7) is 1.20. The molecule has 2 saturated carbocycles. The molecule has 0 aromatic rings. The van der Waals surface area contributed by atoms with Crippen molar-refractivity contribution in [2.24, 2.45) is 11.8 Å². The maximum Gasteiger partial charge on any atom is 0.101 e. The second-order valence-electron chi connectivity index (χ2n) is 4.49. The standard InChI is InChI=1S/C10H14N2/c11-6-10-9-5-7(9)3-4-12(10)8-1-2-8/h7-10H,1-5H2. The molecule has 0 amide bonds. The van der Waals surface area contributed by atoms with E-state index in [0.29, 0.717) is 0 Å². The van der Waals surface area contributed by atoms with Gasteiger partial charge in [-0.3, -0.25) is 4.90 Å². The van der Waals surface area contributed by atoms with Gasteiger partial charge in [0, 0.05) is 6.04 Å². The fraction of sp³-hybridized carbons (Fsp3) is 0.900. The molecule has 2 aliphatic carbocycles. The van der Waals surface area contributed by atoms with Gasteiger partial charge in [-0.05, 0) is 44.1 Å². The van der Waals surface area contributed by atoms with E-state index in [-0.39, 0.29) is 6.04 Å². The Kier molecular flexibility index (Phi) is 1.29. The first-order chi connectivity index (χ1) is 5.90. The predicted octanol–water partition coefficient (Wildman–Crippen LogP) is 1.38. The highest BCUT2D eigenvalue weighted by atomic mass is 15.2. The molecule has 0 bridgehead atoms. The number of rotatable bonds is 1. The number of likely N-dealkylation sites (tertiary alicyclic amines) is 1. The van der Waals surface area contributed by atoms with Crippen molar-refractivity contribution in [3.8, 4) is 6.07 Å². The lowest BCUT2D eigenvalue weighted by molar-refractivity contribution is 0.165. The normalized spacial score (nSPS) is 46.4. The summed E-state index contributed by atoms with van der Waals surface area (Å²) in [5.74, 6) is 1.67. The van der Waals surface area contributed by atoms with Crippen molar-refractivity contribution in [2.75, 3.05) is 6.54 Å². The second-order valence-corrected chi connectivity index (χ2v) is 4.49. The van der Waals surface area contributed by atoms with Crippen LogP contribution in [0.4, 0.5) is 0 Å². The third-order valence-corrected chi connectivity index (χ3v) is 3.65. The Labute approximate surface area is 73.2 Å². The Balaban J connectivity index is 1.78.